The van der Waals surface area contributed by atoms with Crippen molar-refractivity contribution < 1.29 is 0 Å². The fraction of sp³-hybridized carbons (Fsp3) is 0.917. The summed E-state index contributed by atoms with van der Waals surface area (Å²) in [6, 6.07) is 0.550. The smallest absolute Gasteiger partial charge is 0.205 e. The number of nitrogens with one attached hydrogen (secondary N) is 2. The van der Waals surface area contributed by atoms with Crippen molar-refractivity contribution in [1.29, 1.82) is 0 Å². The lowest BCUT2D eigenvalue weighted by Crippen LogP contribution is -2.47. The summed E-state index contributed by atoms with van der Waals surface area (Å²) in [6.45, 7) is 5.23. The van der Waals surface area contributed by atoms with Crippen LogP contribution < -0.4 is 16.6 Å². The molecule has 0 saturated heterocycles. The van der Waals surface area contributed by atoms with E-state index in [9.17, 15) is 0 Å². The molecule has 0 aromatic rings. The Labute approximate surface area is 99.1 Å². The molecular formula is C12H26N4. The molecule has 0 spiro atoms. The van der Waals surface area contributed by atoms with Crippen molar-refractivity contribution >= 4 is 5.96 Å². The van der Waals surface area contributed by atoms with Gasteiger partial charge < -0.3 is 5.32 Å². The maximum Gasteiger partial charge on any atom is 0.205 e. The number of hydrogen-bond donors (Lipinski definition) is 3. The molecule has 0 atom stereocenters. The van der Waals surface area contributed by atoms with Crippen molar-refractivity contribution in [2.24, 2.45) is 16.8 Å². The van der Waals surface area contributed by atoms with Gasteiger partial charge in [0.2, 0.25) is 5.96 Å². The molecule has 0 aromatic carbocycles. The van der Waals surface area contributed by atoms with E-state index in [0.29, 0.717) is 6.04 Å². The molecule has 4 heteroatoms. The van der Waals surface area contributed by atoms with E-state index in [0.717, 1.165) is 24.8 Å². The van der Waals surface area contributed by atoms with Crippen LogP contribution in [0.3, 0.4) is 0 Å². The summed E-state index contributed by atoms with van der Waals surface area (Å²) >= 11 is 0. The van der Waals surface area contributed by atoms with Gasteiger partial charge in [-0.05, 0) is 38.0 Å². The van der Waals surface area contributed by atoms with Crippen LogP contribution in [0.1, 0.15) is 52.4 Å². The molecular weight excluding hydrogens is 200 g/mol. The molecule has 0 unspecified atom stereocenters. The zero-order valence-corrected chi connectivity index (χ0v) is 10.6. The highest BCUT2D eigenvalue weighted by Crippen LogP contribution is 2.26. The first-order valence-corrected chi connectivity index (χ1v) is 6.57. The van der Waals surface area contributed by atoms with Gasteiger partial charge in [0.15, 0.2) is 0 Å². The molecule has 4 N–H and O–H groups in total. The second-order valence-corrected chi connectivity index (χ2v) is 4.64. The zero-order valence-electron chi connectivity index (χ0n) is 10.6. The van der Waals surface area contributed by atoms with Gasteiger partial charge in [-0.1, -0.05) is 20.3 Å². The van der Waals surface area contributed by atoms with Gasteiger partial charge >= 0.3 is 0 Å². The van der Waals surface area contributed by atoms with Crippen LogP contribution in [0.15, 0.2) is 4.99 Å². The van der Waals surface area contributed by atoms with Crippen LogP contribution in [-0.2, 0) is 0 Å². The van der Waals surface area contributed by atoms with E-state index in [2.05, 4.69) is 29.6 Å². The van der Waals surface area contributed by atoms with Gasteiger partial charge in [0.05, 0.1) is 0 Å². The quantitative estimate of drug-likeness (QED) is 0.296. The van der Waals surface area contributed by atoms with E-state index in [1.54, 1.807) is 0 Å². The summed E-state index contributed by atoms with van der Waals surface area (Å²) in [5.41, 5.74) is 2.65. The van der Waals surface area contributed by atoms with Crippen molar-refractivity contribution in [1.82, 2.24) is 10.7 Å². The maximum absolute atomic E-state index is 5.44. The SMILES string of the molecule is CCCN=C(NN)NC1CCC(CC)CC1. The highest BCUT2D eigenvalue weighted by Gasteiger charge is 2.20. The normalized spacial score (nSPS) is 26.6. The minimum Gasteiger partial charge on any atom is -0.353 e. The molecule has 0 amide bonds. The number of guanidine groups is 1. The molecule has 1 fully saturated rings. The number of nitrogens with zero attached hydrogens (tertiary/aromatic N) is 1. The molecule has 0 heterocycles. The number of hydrogen-bond acceptors (Lipinski definition) is 2. The number of hydrazine groups is 1. The summed E-state index contributed by atoms with van der Waals surface area (Å²) in [6.07, 6.45) is 7.52. The van der Waals surface area contributed by atoms with Gasteiger partial charge in [-0.2, -0.15) is 0 Å². The molecule has 94 valence electrons. The molecule has 0 bridgehead atoms. The zero-order chi connectivity index (χ0) is 11.8. The second kappa shape index (κ2) is 7.49. The average Bonchev–Trinajstić information content (AvgIpc) is 2.35. The highest BCUT2D eigenvalue weighted by atomic mass is 15.3. The number of aliphatic imine (C=N–C) groups is 1. The molecule has 1 rings (SSSR count). The van der Waals surface area contributed by atoms with Crippen LogP contribution in [0.4, 0.5) is 0 Å². The molecule has 0 aromatic heterocycles. The fourth-order valence-electron chi connectivity index (χ4n) is 2.26. The number of nitrogens with two attached hydrogens (primary N) is 1. The minimum atomic E-state index is 0.550. The van der Waals surface area contributed by atoms with E-state index < -0.39 is 0 Å². The highest BCUT2D eigenvalue weighted by molar-refractivity contribution is 5.79. The Morgan fingerprint density at radius 2 is 1.94 bits per heavy atom. The first kappa shape index (κ1) is 13.3. The van der Waals surface area contributed by atoms with Crippen LogP contribution in [0.25, 0.3) is 0 Å². The van der Waals surface area contributed by atoms with E-state index in [1.165, 1.54) is 32.1 Å². The predicted molar refractivity (Wildman–Crippen MR) is 69.1 cm³/mol. The Kier molecular flexibility index (Phi) is 6.23. The molecule has 0 aliphatic heterocycles. The molecule has 1 saturated carbocycles. The van der Waals surface area contributed by atoms with Gasteiger partial charge in [-0.3, -0.25) is 10.4 Å². The van der Waals surface area contributed by atoms with E-state index in [1.807, 2.05) is 0 Å². The monoisotopic (exact) mass is 226 g/mol. The van der Waals surface area contributed by atoms with Gasteiger partial charge in [0, 0.05) is 12.6 Å². The molecule has 4 nitrogen and oxygen atoms in total. The topological polar surface area (TPSA) is 62.4 Å². The van der Waals surface area contributed by atoms with Crippen LogP contribution in [0.2, 0.25) is 0 Å². The Hall–Kier alpha value is -0.770. The lowest BCUT2D eigenvalue weighted by atomic mass is 9.85. The van der Waals surface area contributed by atoms with Crippen molar-refractivity contribution in [3.05, 3.63) is 0 Å². The second-order valence-electron chi connectivity index (χ2n) is 4.64. The lowest BCUT2D eigenvalue weighted by Gasteiger charge is -2.29. The molecule has 16 heavy (non-hydrogen) atoms. The Balaban J connectivity index is 2.31. The Morgan fingerprint density at radius 1 is 1.25 bits per heavy atom. The average molecular weight is 226 g/mol. The van der Waals surface area contributed by atoms with Crippen LogP contribution in [0, 0.1) is 5.92 Å². The Bertz CT molecular complexity index is 207. The molecule has 0 radical (unpaired) electrons. The summed E-state index contributed by atoms with van der Waals surface area (Å²) in [5.74, 6) is 7.12. The van der Waals surface area contributed by atoms with Crippen molar-refractivity contribution in [2.75, 3.05) is 6.54 Å². The van der Waals surface area contributed by atoms with Gasteiger partial charge in [-0.15, -0.1) is 0 Å². The third-order valence-corrected chi connectivity index (χ3v) is 3.40. The summed E-state index contributed by atoms with van der Waals surface area (Å²) in [5, 5.41) is 3.40. The Morgan fingerprint density at radius 3 is 2.44 bits per heavy atom. The molecule has 1 aliphatic rings. The number of rotatable bonds is 4. The minimum absolute atomic E-state index is 0.550. The maximum atomic E-state index is 5.44. The van der Waals surface area contributed by atoms with Crippen molar-refractivity contribution in [3.8, 4) is 0 Å². The van der Waals surface area contributed by atoms with Crippen LogP contribution in [-0.4, -0.2) is 18.5 Å². The summed E-state index contributed by atoms with van der Waals surface area (Å²) in [7, 11) is 0. The first-order valence-electron chi connectivity index (χ1n) is 6.57. The van der Waals surface area contributed by atoms with Gasteiger partial charge in [0.25, 0.3) is 0 Å². The predicted octanol–water partition coefficient (Wildman–Crippen LogP) is 1.77. The van der Waals surface area contributed by atoms with Gasteiger partial charge in [-0.25, -0.2) is 5.84 Å². The van der Waals surface area contributed by atoms with E-state index in [-0.39, 0.29) is 0 Å². The van der Waals surface area contributed by atoms with E-state index >= 15 is 0 Å². The summed E-state index contributed by atoms with van der Waals surface area (Å²) < 4.78 is 0. The van der Waals surface area contributed by atoms with E-state index in [4.69, 9.17) is 5.84 Å². The van der Waals surface area contributed by atoms with Gasteiger partial charge in [0.1, 0.15) is 0 Å². The van der Waals surface area contributed by atoms with Crippen molar-refractivity contribution in [3.63, 3.8) is 0 Å². The van der Waals surface area contributed by atoms with Crippen LogP contribution in [0.5, 0.6) is 0 Å². The van der Waals surface area contributed by atoms with Crippen LogP contribution >= 0.6 is 0 Å². The fourth-order valence-corrected chi connectivity index (χ4v) is 2.26. The molecule has 1 aliphatic carbocycles. The summed E-state index contributed by atoms with van der Waals surface area (Å²) in [4.78, 5) is 4.36. The third-order valence-electron chi connectivity index (χ3n) is 3.40. The lowest BCUT2D eigenvalue weighted by molar-refractivity contribution is 0.304. The van der Waals surface area contributed by atoms with Crippen molar-refractivity contribution in [2.45, 2.75) is 58.4 Å². The third kappa shape index (κ3) is 4.39. The first-order chi connectivity index (χ1) is 7.80. The standard InChI is InChI=1S/C12H26N4/c1-3-9-14-12(16-13)15-11-7-5-10(4-2)6-8-11/h10-11H,3-9,13H2,1-2H3,(H2,14,15,16). The largest absolute Gasteiger partial charge is 0.353 e.